The molecule has 1 unspecified atom stereocenters. The molecule has 7 nitrogen and oxygen atoms in total. The summed E-state index contributed by atoms with van der Waals surface area (Å²) >= 11 is 0. The third-order valence-electron chi connectivity index (χ3n) is 6.60. The van der Waals surface area contributed by atoms with Gasteiger partial charge in [0, 0.05) is 19.7 Å². The van der Waals surface area contributed by atoms with Gasteiger partial charge in [-0.3, -0.25) is 4.79 Å². The van der Waals surface area contributed by atoms with Gasteiger partial charge in [0.2, 0.25) is 15.9 Å². The van der Waals surface area contributed by atoms with Gasteiger partial charge in [0.05, 0.1) is 30.4 Å². The molecular weight excluding hydrogens is 488 g/mol. The minimum Gasteiger partial charge on any atom is -0.467 e. The number of hydrogen-bond donors (Lipinski definition) is 0. The lowest BCUT2D eigenvalue weighted by Crippen LogP contribution is -2.45. The van der Waals surface area contributed by atoms with Crippen LogP contribution < -0.4 is 0 Å². The summed E-state index contributed by atoms with van der Waals surface area (Å²) in [7, 11) is -3.96. The Bertz CT molecular complexity index is 1430. The summed E-state index contributed by atoms with van der Waals surface area (Å²) in [4.78, 5) is 15.5. The van der Waals surface area contributed by atoms with Crippen molar-refractivity contribution in [3.63, 3.8) is 0 Å². The van der Waals surface area contributed by atoms with E-state index in [9.17, 15) is 13.2 Å². The van der Waals surface area contributed by atoms with Crippen molar-refractivity contribution in [2.75, 3.05) is 19.7 Å². The SMILES string of the molecule is O=C(CN(CC1CCCO1)S(=O)(=O)c1ccc2ccccc2c1)N(Cc1ccccc1)Cc1ccco1. The molecule has 0 saturated carbocycles. The van der Waals surface area contributed by atoms with Gasteiger partial charge < -0.3 is 14.1 Å². The number of nitrogens with zero attached hydrogens (tertiary/aromatic N) is 2. The average Bonchev–Trinajstić information content (AvgIpc) is 3.63. The standard InChI is InChI=1S/C29H30N2O5S/c32-29(30(20-26-12-6-16-35-26)19-23-8-2-1-3-9-23)22-31(21-27-13-7-17-36-27)37(33,34)28-15-14-24-10-4-5-11-25(24)18-28/h1-6,8-12,14-16,18,27H,7,13,17,19-22H2. The number of carbonyl (C=O) groups is 1. The first-order chi connectivity index (χ1) is 18.0. The van der Waals surface area contributed by atoms with Crippen LogP contribution >= 0.6 is 0 Å². The summed E-state index contributed by atoms with van der Waals surface area (Å²) in [6.45, 7) is 1.01. The van der Waals surface area contributed by atoms with Crippen molar-refractivity contribution in [1.29, 1.82) is 0 Å². The van der Waals surface area contributed by atoms with E-state index in [2.05, 4.69) is 0 Å². The molecule has 1 aliphatic rings. The van der Waals surface area contributed by atoms with Crippen LogP contribution in [0, 0.1) is 0 Å². The molecule has 0 spiro atoms. The zero-order valence-corrected chi connectivity index (χ0v) is 21.3. The quantitative estimate of drug-likeness (QED) is 0.300. The number of fused-ring (bicyclic) bond motifs is 1. The summed E-state index contributed by atoms with van der Waals surface area (Å²) in [6.07, 6.45) is 2.96. The zero-order chi connectivity index (χ0) is 25.7. The number of rotatable bonds is 10. The minimum absolute atomic E-state index is 0.126. The molecule has 0 aliphatic carbocycles. The molecule has 0 N–H and O–H groups in total. The lowest BCUT2D eigenvalue weighted by atomic mass is 10.1. The lowest BCUT2D eigenvalue weighted by Gasteiger charge is -2.28. The van der Waals surface area contributed by atoms with Gasteiger partial charge in [-0.2, -0.15) is 4.31 Å². The van der Waals surface area contributed by atoms with Crippen LogP contribution in [0.25, 0.3) is 10.8 Å². The maximum atomic E-state index is 13.9. The summed E-state index contributed by atoms with van der Waals surface area (Å²) in [6, 6.07) is 25.9. The number of carbonyl (C=O) groups excluding carboxylic acids is 1. The molecule has 192 valence electrons. The van der Waals surface area contributed by atoms with E-state index in [-0.39, 0.29) is 36.5 Å². The Morgan fingerprint density at radius 3 is 2.41 bits per heavy atom. The first-order valence-electron chi connectivity index (χ1n) is 12.4. The maximum Gasteiger partial charge on any atom is 0.243 e. The molecule has 1 aliphatic heterocycles. The topological polar surface area (TPSA) is 80.1 Å². The van der Waals surface area contributed by atoms with E-state index in [1.165, 1.54) is 4.31 Å². The van der Waals surface area contributed by atoms with Crippen molar-refractivity contribution in [1.82, 2.24) is 9.21 Å². The van der Waals surface area contributed by atoms with E-state index >= 15 is 0 Å². The molecule has 8 heteroatoms. The Kier molecular flexibility index (Phi) is 7.69. The highest BCUT2D eigenvalue weighted by Gasteiger charge is 2.32. The van der Waals surface area contributed by atoms with Gasteiger partial charge in [0.1, 0.15) is 5.76 Å². The van der Waals surface area contributed by atoms with Crippen molar-refractivity contribution in [3.8, 4) is 0 Å². The van der Waals surface area contributed by atoms with Crippen LogP contribution in [-0.2, 0) is 32.6 Å². The third-order valence-corrected chi connectivity index (χ3v) is 8.41. The van der Waals surface area contributed by atoms with Crippen molar-refractivity contribution in [3.05, 3.63) is 103 Å². The van der Waals surface area contributed by atoms with E-state index in [4.69, 9.17) is 9.15 Å². The normalized spacial score (nSPS) is 15.9. The van der Waals surface area contributed by atoms with Crippen LogP contribution in [0.5, 0.6) is 0 Å². The largest absolute Gasteiger partial charge is 0.467 e. The fourth-order valence-corrected chi connectivity index (χ4v) is 6.07. The zero-order valence-electron chi connectivity index (χ0n) is 20.5. The molecule has 1 amide bonds. The second-order valence-electron chi connectivity index (χ2n) is 9.26. The first-order valence-corrected chi connectivity index (χ1v) is 13.9. The van der Waals surface area contributed by atoms with Crippen molar-refractivity contribution in [2.45, 2.75) is 36.9 Å². The van der Waals surface area contributed by atoms with Crippen LogP contribution in [0.1, 0.15) is 24.2 Å². The van der Waals surface area contributed by atoms with Gasteiger partial charge in [0.15, 0.2) is 0 Å². The van der Waals surface area contributed by atoms with Crippen LogP contribution in [0.3, 0.4) is 0 Å². The Balaban J connectivity index is 1.43. The number of benzene rings is 3. The van der Waals surface area contributed by atoms with Crippen molar-refractivity contribution < 1.29 is 22.4 Å². The summed E-state index contributed by atoms with van der Waals surface area (Å²) in [5.41, 5.74) is 0.950. The Labute approximate surface area is 217 Å². The summed E-state index contributed by atoms with van der Waals surface area (Å²) in [5, 5.41) is 1.78. The van der Waals surface area contributed by atoms with Crippen molar-refractivity contribution >= 4 is 26.7 Å². The van der Waals surface area contributed by atoms with E-state index in [0.29, 0.717) is 18.9 Å². The molecule has 0 bridgehead atoms. The minimum atomic E-state index is -3.96. The van der Waals surface area contributed by atoms with E-state index < -0.39 is 10.0 Å². The molecule has 1 atom stereocenters. The Hall–Kier alpha value is -3.46. The molecule has 1 aromatic heterocycles. The molecule has 0 radical (unpaired) electrons. The van der Waals surface area contributed by atoms with Crippen LogP contribution in [-0.4, -0.2) is 49.3 Å². The molecule has 1 fully saturated rings. The Morgan fingerprint density at radius 2 is 1.68 bits per heavy atom. The third kappa shape index (κ3) is 6.10. The lowest BCUT2D eigenvalue weighted by molar-refractivity contribution is -0.133. The fourth-order valence-electron chi connectivity index (χ4n) is 4.62. The Morgan fingerprint density at radius 1 is 0.892 bits per heavy atom. The smallest absolute Gasteiger partial charge is 0.243 e. The summed E-state index contributed by atoms with van der Waals surface area (Å²) in [5.74, 6) is 0.329. The second-order valence-corrected chi connectivity index (χ2v) is 11.2. The first kappa shape index (κ1) is 25.2. The van der Waals surface area contributed by atoms with Crippen LogP contribution in [0.2, 0.25) is 0 Å². The molecule has 37 heavy (non-hydrogen) atoms. The van der Waals surface area contributed by atoms with E-state index in [0.717, 1.165) is 29.2 Å². The molecular formula is C29H30N2O5S. The monoisotopic (exact) mass is 518 g/mol. The van der Waals surface area contributed by atoms with Gasteiger partial charge in [0.25, 0.3) is 0 Å². The molecule has 5 rings (SSSR count). The van der Waals surface area contributed by atoms with Gasteiger partial charge in [-0.25, -0.2) is 8.42 Å². The predicted octanol–water partition coefficient (Wildman–Crippen LogP) is 4.83. The number of sulfonamides is 1. The fraction of sp³-hybridized carbons (Fsp3) is 0.276. The van der Waals surface area contributed by atoms with E-state index in [1.54, 1.807) is 41.5 Å². The molecule has 2 heterocycles. The van der Waals surface area contributed by atoms with E-state index in [1.807, 2.05) is 54.6 Å². The molecule has 1 saturated heterocycles. The van der Waals surface area contributed by atoms with Gasteiger partial charge in [-0.15, -0.1) is 0 Å². The van der Waals surface area contributed by atoms with Crippen LogP contribution in [0.4, 0.5) is 0 Å². The van der Waals surface area contributed by atoms with Gasteiger partial charge in [-0.05, 0) is 53.4 Å². The summed E-state index contributed by atoms with van der Waals surface area (Å²) < 4.78 is 40.3. The molecule has 3 aromatic carbocycles. The second kappa shape index (κ2) is 11.3. The van der Waals surface area contributed by atoms with Crippen LogP contribution in [0.15, 0.2) is 101 Å². The maximum absolute atomic E-state index is 13.9. The van der Waals surface area contributed by atoms with Gasteiger partial charge >= 0.3 is 0 Å². The van der Waals surface area contributed by atoms with Gasteiger partial charge in [-0.1, -0.05) is 60.7 Å². The number of hydrogen-bond acceptors (Lipinski definition) is 5. The average molecular weight is 519 g/mol. The number of ether oxygens (including phenoxy) is 1. The highest BCUT2D eigenvalue weighted by Crippen LogP contribution is 2.24. The number of furan rings is 1. The highest BCUT2D eigenvalue weighted by molar-refractivity contribution is 7.89. The predicted molar refractivity (Wildman–Crippen MR) is 141 cm³/mol. The van der Waals surface area contributed by atoms with Crippen molar-refractivity contribution in [2.24, 2.45) is 0 Å². The number of amides is 1. The highest BCUT2D eigenvalue weighted by atomic mass is 32.2. The molecule has 4 aromatic rings.